The van der Waals surface area contributed by atoms with E-state index in [2.05, 4.69) is 43.2 Å². The Bertz CT molecular complexity index is 714. The molecule has 1 heterocycles. The van der Waals surface area contributed by atoms with E-state index in [1.54, 1.807) is 0 Å². The number of benzene rings is 1. The van der Waals surface area contributed by atoms with Gasteiger partial charge in [-0.2, -0.15) is 0 Å². The first-order valence-corrected chi connectivity index (χ1v) is 9.45. The third-order valence-corrected chi connectivity index (χ3v) is 5.07. The van der Waals surface area contributed by atoms with Crippen molar-refractivity contribution in [2.75, 3.05) is 13.1 Å². The number of ketones is 1. The highest BCUT2D eigenvalue weighted by Gasteiger charge is 2.22. The first-order chi connectivity index (χ1) is 11.6. The molecule has 0 saturated heterocycles. The monoisotopic (exact) mass is 326 g/mol. The third-order valence-electron chi connectivity index (χ3n) is 5.07. The van der Waals surface area contributed by atoms with Crippen molar-refractivity contribution in [2.45, 2.75) is 52.9 Å². The molecule has 0 saturated carbocycles. The minimum Gasteiger partial charge on any atom is -0.358 e. The zero-order valence-corrected chi connectivity index (χ0v) is 15.2. The lowest BCUT2D eigenvalue weighted by molar-refractivity contribution is 0.0982. The predicted octanol–water partition coefficient (Wildman–Crippen LogP) is 4.50. The van der Waals surface area contributed by atoms with Crippen molar-refractivity contribution < 1.29 is 4.79 Å². The third kappa shape index (κ3) is 3.72. The van der Waals surface area contributed by atoms with E-state index < -0.39 is 0 Å². The van der Waals surface area contributed by atoms with Crippen molar-refractivity contribution in [1.82, 2.24) is 10.3 Å². The van der Waals surface area contributed by atoms with E-state index in [-0.39, 0.29) is 5.78 Å². The van der Waals surface area contributed by atoms with Gasteiger partial charge in [0.15, 0.2) is 5.78 Å². The Hall–Kier alpha value is -1.61. The van der Waals surface area contributed by atoms with E-state index in [0.29, 0.717) is 18.3 Å². The van der Waals surface area contributed by atoms with Crippen LogP contribution in [-0.2, 0) is 12.8 Å². The Kier molecular flexibility index (Phi) is 5.40. The van der Waals surface area contributed by atoms with Gasteiger partial charge in [-0.1, -0.05) is 20.8 Å². The van der Waals surface area contributed by atoms with E-state index in [0.717, 1.165) is 37.9 Å². The standard InChI is InChI=1S/C21H30N2O/c1-4-5-21(24)16-7-9-20-18(11-16)17-10-15(6-8-19(17)23-20)13-22-12-14(2)3/h7,9,11,14-15,22-23H,4-6,8,10,12-13H2,1-3H3. The maximum Gasteiger partial charge on any atom is 0.162 e. The Morgan fingerprint density at radius 2 is 2.21 bits per heavy atom. The van der Waals surface area contributed by atoms with Gasteiger partial charge < -0.3 is 10.3 Å². The molecule has 1 aromatic carbocycles. The maximum atomic E-state index is 12.2. The van der Waals surface area contributed by atoms with Gasteiger partial charge in [0.05, 0.1) is 0 Å². The van der Waals surface area contributed by atoms with Crippen molar-refractivity contribution in [2.24, 2.45) is 11.8 Å². The van der Waals surface area contributed by atoms with E-state index in [9.17, 15) is 4.79 Å². The van der Waals surface area contributed by atoms with Crippen molar-refractivity contribution in [1.29, 1.82) is 0 Å². The van der Waals surface area contributed by atoms with Crippen LogP contribution >= 0.6 is 0 Å². The van der Waals surface area contributed by atoms with Crippen LogP contribution in [0.25, 0.3) is 10.9 Å². The van der Waals surface area contributed by atoms with E-state index in [1.807, 2.05) is 6.07 Å². The van der Waals surface area contributed by atoms with Gasteiger partial charge in [0, 0.05) is 28.6 Å². The number of rotatable bonds is 7. The van der Waals surface area contributed by atoms with Crippen molar-refractivity contribution >= 4 is 16.7 Å². The second-order valence-corrected chi connectivity index (χ2v) is 7.68. The number of fused-ring (bicyclic) bond motifs is 3. The molecule has 3 heteroatoms. The predicted molar refractivity (Wildman–Crippen MR) is 101 cm³/mol. The topological polar surface area (TPSA) is 44.9 Å². The molecule has 0 fully saturated rings. The lowest BCUT2D eigenvalue weighted by atomic mass is 9.86. The quantitative estimate of drug-likeness (QED) is 0.736. The number of carbonyl (C=O) groups excluding carboxylic acids is 1. The molecule has 1 aliphatic carbocycles. The van der Waals surface area contributed by atoms with Crippen molar-refractivity contribution in [3.8, 4) is 0 Å². The van der Waals surface area contributed by atoms with Crippen LogP contribution in [0.3, 0.4) is 0 Å². The lowest BCUT2D eigenvalue weighted by Crippen LogP contribution is -2.29. The molecule has 1 unspecified atom stereocenters. The van der Waals surface area contributed by atoms with Crippen molar-refractivity contribution in [3.63, 3.8) is 0 Å². The second kappa shape index (κ2) is 7.52. The first-order valence-electron chi connectivity index (χ1n) is 9.45. The average Bonchev–Trinajstić information content (AvgIpc) is 2.92. The maximum absolute atomic E-state index is 12.2. The van der Waals surface area contributed by atoms with Gasteiger partial charge in [0.2, 0.25) is 0 Å². The Morgan fingerprint density at radius 3 is 2.96 bits per heavy atom. The Balaban J connectivity index is 1.79. The molecule has 24 heavy (non-hydrogen) atoms. The highest BCUT2D eigenvalue weighted by Crippen LogP contribution is 2.32. The highest BCUT2D eigenvalue weighted by molar-refractivity contribution is 6.00. The largest absolute Gasteiger partial charge is 0.358 e. The van der Waals surface area contributed by atoms with Crippen molar-refractivity contribution in [3.05, 3.63) is 35.0 Å². The molecule has 0 radical (unpaired) electrons. The summed E-state index contributed by atoms with van der Waals surface area (Å²) in [6, 6.07) is 6.18. The van der Waals surface area contributed by atoms with E-state index in [1.165, 1.54) is 28.6 Å². The minimum atomic E-state index is 0.264. The number of Topliss-reactive ketones (excluding diaryl/α,β-unsaturated/α-hetero) is 1. The van der Waals surface area contributed by atoms with E-state index in [4.69, 9.17) is 0 Å². The number of H-pyrrole nitrogens is 1. The SMILES string of the molecule is CCCC(=O)c1ccc2[nH]c3c(c2c1)CC(CNCC(C)C)CC3. The summed E-state index contributed by atoms with van der Waals surface area (Å²) in [6.07, 6.45) is 5.03. The summed E-state index contributed by atoms with van der Waals surface area (Å²) < 4.78 is 0. The lowest BCUT2D eigenvalue weighted by Gasteiger charge is -2.23. The molecule has 0 bridgehead atoms. The molecule has 3 rings (SSSR count). The van der Waals surface area contributed by atoms with Crippen LogP contribution in [0.4, 0.5) is 0 Å². The zero-order chi connectivity index (χ0) is 17.1. The molecule has 0 spiro atoms. The fraction of sp³-hybridized carbons (Fsp3) is 0.571. The van der Waals surface area contributed by atoms with Crippen LogP contribution < -0.4 is 5.32 Å². The normalized spacial score (nSPS) is 17.4. The summed E-state index contributed by atoms with van der Waals surface area (Å²) >= 11 is 0. The van der Waals surface area contributed by atoms with Crippen LogP contribution in [-0.4, -0.2) is 23.9 Å². The van der Waals surface area contributed by atoms with Gasteiger partial charge in [0.25, 0.3) is 0 Å². The van der Waals surface area contributed by atoms with Crippen LogP contribution in [0.2, 0.25) is 0 Å². The van der Waals surface area contributed by atoms with Crippen LogP contribution in [0.5, 0.6) is 0 Å². The number of hydrogen-bond donors (Lipinski definition) is 2. The van der Waals surface area contributed by atoms with Crippen LogP contribution in [0.1, 0.15) is 61.6 Å². The van der Waals surface area contributed by atoms with Gasteiger partial charge in [-0.25, -0.2) is 0 Å². The first kappa shape index (κ1) is 17.2. The molecule has 130 valence electrons. The Labute approximate surface area is 145 Å². The summed E-state index contributed by atoms with van der Waals surface area (Å²) in [4.78, 5) is 15.8. The second-order valence-electron chi connectivity index (χ2n) is 7.68. The molecule has 3 nitrogen and oxygen atoms in total. The van der Waals surface area contributed by atoms with Gasteiger partial charge >= 0.3 is 0 Å². The number of aryl methyl sites for hydroxylation is 1. The fourth-order valence-corrected chi connectivity index (χ4v) is 3.78. The molecule has 0 amide bonds. The number of aromatic nitrogens is 1. The smallest absolute Gasteiger partial charge is 0.162 e. The Morgan fingerprint density at radius 1 is 1.38 bits per heavy atom. The summed E-state index contributed by atoms with van der Waals surface area (Å²) in [6.45, 7) is 8.75. The molecular formula is C21H30N2O. The highest BCUT2D eigenvalue weighted by atomic mass is 16.1. The van der Waals surface area contributed by atoms with Gasteiger partial charge in [0.1, 0.15) is 0 Å². The van der Waals surface area contributed by atoms with Crippen LogP contribution in [0, 0.1) is 11.8 Å². The van der Waals surface area contributed by atoms with Gasteiger partial charge in [-0.3, -0.25) is 4.79 Å². The summed E-state index contributed by atoms with van der Waals surface area (Å²) in [5.74, 6) is 1.66. The number of hydrogen-bond acceptors (Lipinski definition) is 2. The summed E-state index contributed by atoms with van der Waals surface area (Å²) in [5.41, 5.74) is 4.87. The number of aromatic amines is 1. The van der Waals surface area contributed by atoms with Crippen LogP contribution in [0.15, 0.2) is 18.2 Å². The fourth-order valence-electron chi connectivity index (χ4n) is 3.78. The van der Waals surface area contributed by atoms with E-state index >= 15 is 0 Å². The summed E-state index contributed by atoms with van der Waals surface area (Å²) in [7, 11) is 0. The number of nitrogens with one attached hydrogen (secondary N) is 2. The zero-order valence-electron chi connectivity index (χ0n) is 15.2. The minimum absolute atomic E-state index is 0.264. The molecule has 2 N–H and O–H groups in total. The molecule has 0 aliphatic heterocycles. The van der Waals surface area contributed by atoms with Gasteiger partial charge in [-0.05, 0) is 74.4 Å². The summed E-state index contributed by atoms with van der Waals surface area (Å²) in [5, 5.41) is 4.87. The molecule has 1 atom stereocenters. The molecule has 1 aromatic heterocycles. The average molecular weight is 326 g/mol. The molecular weight excluding hydrogens is 296 g/mol. The number of carbonyl (C=O) groups is 1. The van der Waals surface area contributed by atoms with Gasteiger partial charge in [-0.15, -0.1) is 0 Å². The molecule has 2 aromatic rings. The molecule has 1 aliphatic rings.